The Kier molecular flexibility index (Phi) is 9.29. The zero-order valence-electron chi connectivity index (χ0n) is 9.12. The largest absolute Gasteiger partial charge is 0.354 e. The van der Waals surface area contributed by atoms with Crippen molar-refractivity contribution in [3.8, 4) is 0 Å². The Morgan fingerprint density at radius 1 is 1.47 bits per heavy atom. The van der Waals surface area contributed by atoms with Crippen molar-refractivity contribution in [1.82, 2.24) is 15.5 Å². The minimum Gasteiger partial charge on any atom is -0.354 e. The predicted molar refractivity (Wildman–Crippen MR) is 67.9 cm³/mol. The maximum Gasteiger partial charge on any atom is 0.230 e. The lowest BCUT2D eigenvalue weighted by Gasteiger charge is -2.27. The molecule has 1 rings (SSSR count). The van der Waals surface area contributed by atoms with Crippen LogP contribution in [0.4, 0.5) is 0 Å². The number of hydrogen-bond acceptors (Lipinski definition) is 4. The highest BCUT2D eigenvalue weighted by Gasteiger charge is 2.08. The Labute approximate surface area is 102 Å². The monoisotopic (exact) mass is 253 g/mol. The quantitative estimate of drug-likeness (QED) is 0.712. The van der Waals surface area contributed by atoms with Gasteiger partial charge in [0.1, 0.15) is 0 Å². The van der Waals surface area contributed by atoms with Crippen molar-refractivity contribution in [2.24, 2.45) is 0 Å². The van der Waals surface area contributed by atoms with Gasteiger partial charge in [0.25, 0.3) is 0 Å². The van der Waals surface area contributed by atoms with Crippen LogP contribution in [0.15, 0.2) is 0 Å². The number of halogens is 1. The van der Waals surface area contributed by atoms with Crippen LogP contribution in [0.3, 0.4) is 0 Å². The number of amides is 1. The van der Waals surface area contributed by atoms with Gasteiger partial charge >= 0.3 is 0 Å². The van der Waals surface area contributed by atoms with E-state index in [1.807, 2.05) is 6.26 Å². The molecule has 0 aromatic rings. The number of nitrogens with one attached hydrogen (secondary N) is 2. The molecule has 0 aromatic heterocycles. The fourth-order valence-electron chi connectivity index (χ4n) is 1.47. The predicted octanol–water partition coefficient (Wildman–Crippen LogP) is -0.207. The van der Waals surface area contributed by atoms with Crippen LogP contribution >= 0.6 is 24.2 Å². The van der Waals surface area contributed by atoms with E-state index in [2.05, 4.69) is 15.5 Å². The first kappa shape index (κ1) is 15.0. The number of rotatable bonds is 5. The molecule has 1 fully saturated rings. The standard InChI is InChI=1S/C9H19N3OS.ClH/c1-14-8-9(13)11-4-7-12-5-2-10-3-6-12;/h10H,2-8H2,1H3,(H,11,13);1H. The van der Waals surface area contributed by atoms with E-state index in [1.165, 1.54) is 0 Å². The SMILES string of the molecule is CSCC(=O)NCCN1CCNCC1.Cl. The lowest BCUT2D eigenvalue weighted by Crippen LogP contribution is -2.46. The number of hydrogen-bond donors (Lipinski definition) is 2. The van der Waals surface area contributed by atoms with Crippen LogP contribution < -0.4 is 10.6 Å². The molecule has 1 saturated heterocycles. The molecule has 0 spiro atoms. The molecule has 0 aromatic carbocycles. The van der Waals surface area contributed by atoms with E-state index in [9.17, 15) is 4.79 Å². The number of carbonyl (C=O) groups is 1. The van der Waals surface area contributed by atoms with E-state index < -0.39 is 0 Å². The van der Waals surface area contributed by atoms with Gasteiger partial charge in [0.15, 0.2) is 0 Å². The van der Waals surface area contributed by atoms with Gasteiger partial charge in [-0.25, -0.2) is 0 Å². The average molecular weight is 254 g/mol. The second-order valence-electron chi connectivity index (χ2n) is 3.37. The van der Waals surface area contributed by atoms with Crippen molar-refractivity contribution in [1.29, 1.82) is 0 Å². The Morgan fingerprint density at radius 2 is 2.13 bits per heavy atom. The maximum absolute atomic E-state index is 11.1. The van der Waals surface area contributed by atoms with Gasteiger partial charge in [-0.1, -0.05) is 0 Å². The van der Waals surface area contributed by atoms with Gasteiger partial charge in [0.05, 0.1) is 5.75 Å². The first-order valence-corrected chi connectivity index (χ1v) is 6.41. The highest BCUT2D eigenvalue weighted by molar-refractivity contribution is 7.99. The normalized spacial score (nSPS) is 16.9. The molecule has 0 atom stereocenters. The summed E-state index contributed by atoms with van der Waals surface area (Å²) < 4.78 is 0. The van der Waals surface area contributed by atoms with Gasteiger partial charge in [-0.15, -0.1) is 12.4 Å². The third kappa shape index (κ3) is 7.00. The van der Waals surface area contributed by atoms with Gasteiger partial charge in [-0.3, -0.25) is 9.69 Å². The fourth-order valence-corrected chi connectivity index (χ4v) is 1.83. The molecule has 1 aliphatic heterocycles. The first-order chi connectivity index (χ1) is 6.83. The van der Waals surface area contributed by atoms with Crippen LogP contribution in [0.5, 0.6) is 0 Å². The maximum atomic E-state index is 11.1. The Balaban J connectivity index is 0.00000196. The molecular formula is C9H20ClN3OS. The third-order valence-electron chi connectivity index (χ3n) is 2.24. The van der Waals surface area contributed by atoms with Gasteiger partial charge in [0.2, 0.25) is 5.91 Å². The van der Waals surface area contributed by atoms with Crippen LogP contribution in [0.2, 0.25) is 0 Å². The van der Waals surface area contributed by atoms with Crippen LogP contribution in [-0.4, -0.2) is 62.1 Å². The Hall–Kier alpha value is 0.0300. The van der Waals surface area contributed by atoms with Crippen molar-refractivity contribution >= 4 is 30.1 Å². The number of piperazine rings is 1. The topological polar surface area (TPSA) is 44.4 Å². The zero-order valence-corrected chi connectivity index (χ0v) is 10.8. The summed E-state index contributed by atoms with van der Waals surface area (Å²) in [5.41, 5.74) is 0. The fraction of sp³-hybridized carbons (Fsp3) is 0.889. The van der Waals surface area contributed by atoms with Crippen LogP contribution in [0.25, 0.3) is 0 Å². The molecule has 0 bridgehead atoms. The number of carbonyl (C=O) groups excluding carboxylic acids is 1. The zero-order chi connectivity index (χ0) is 10.2. The minimum absolute atomic E-state index is 0. The van der Waals surface area contributed by atoms with Crippen molar-refractivity contribution in [2.45, 2.75) is 0 Å². The van der Waals surface area contributed by atoms with E-state index in [1.54, 1.807) is 11.8 Å². The molecule has 1 heterocycles. The summed E-state index contributed by atoms with van der Waals surface area (Å²) >= 11 is 1.56. The summed E-state index contributed by atoms with van der Waals surface area (Å²) in [5.74, 6) is 0.717. The van der Waals surface area contributed by atoms with E-state index in [0.717, 1.165) is 39.3 Å². The van der Waals surface area contributed by atoms with E-state index >= 15 is 0 Å². The molecule has 0 saturated carbocycles. The summed E-state index contributed by atoms with van der Waals surface area (Å²) in [6.45, 7) is 6.08. The van der Waals surface area contributed by atoms with Crippen LogP contribution in [0.1, 0.15) is 0 Å². The highest BCUT2D eigenvalue weighted by atomic mass is 35.5. The van der Waals surface area contributed by atoms with Crippen molar-refractivity contribution < 1.29 is 4.79 Å². The van der Waals surface area contributed by atoms with E-state index in [-0.39, 0.29) is 18.3 Å². The molecule has 1 amide bonds. The van der Waals surface area contributed by atoms with Crippen LogP contribution in [-0.2, 0) is 4.79 Å². The van der Waals surface area contributed by atoms with Crippen molar-refractivity contribution in [3.05, 3.63) is 0 Å². The molecule has 15 heavy (non-hydrogen) atoms. The van der Waals surface area contributed by atoms with Crippen molar-refractivity contribution in [2.75, 3.05) is 51.3 Å². The second kappa shape index (κ2) is 9.27. The molecule has 0 aliphatic carbocycles. The van der Waals surface area contributed by atoms with Gasteiger partial charge < -0.3 is 10.6 Å². The average Bonchev–Trinajstić information content (AvgIpc) is 2.20. The molecule has 90 valence electrons. The molecule has 6 heteroatoms. The summed E-state index contributed by atoms with van der Waals surface area (Å²) in [4.78, 5) is 13.5. The summed E-state index contributed by atoms with van der Waals surface area (Å²) in [7, 11) is 0. The van der Waals surface area contributed by atoms with Gasteiger partial charge in [-0.05, 0) is 6.26 Å². The third-order valence-corrected chi connectivity index (χ3v) is 2.79. The summed E-state index contributed by atoms with van der Waals surface area (Å²) in [5, 5.41) is 6.21. The second-order valence-corrected chi connectivity index (χ2v) is 4.24. The Bertz CT molecular complexity index is 177. The molecule has 0 radical (unpaired) electrons. The lowest BCUT2D eigenvalue weighted by molar-refractivity contribution is -0.118. The smallest absolute Gasteiger partial charge is 0.230 e. The summed E-state index contributed by atoms with van der Waals surface area (Å²) in [6.07, 6.45) is 1.94. The van der Waals surface area contributed by atoms with Crippen LogP contribution in [0, 0.1) is 0 Å². The van der Waals surface area contributed by atoms with E-state index in [4.69, 9.17) is 0 Å². The number of nitrogens with zero attached hydrogens (tertiary/aromatic N) is 1. The number of thioether (sulfide) groups is 1. The van der Waals surface area contributed by atoms with Gasteiger partial charge in [-0.2, -0.15) is 11.8 Å². The molecule has 2 N–H and O–H groups in total. The first-order valence-electron chi connectivity index (χ1n) is 5.01. The molecule has 0 unspecified atom stereocenters. The van der Waals surface area contributed by atoms with E-state index in [0.29, 0.717) is 5.75 Å². The highest BCUT2D eigenvalue weighted by Crippen LogP contribution is 1.91. The summed E-state index contributed by atoms with van der Waals surface area (Å²) in [6, 6.07) is 0. The van der Waals surface area contributed by atoms with Crippen molar-refractivity contribution in [3.63, 3.8) is 0 Å². The molecular weight excluding hydrogens is 234 g/mol. The lowest BCUT2D eigenvalue weighted by atomic mass is 10.3. The Morgan fingerprint density at radius 3 is 2.73 bits per heavy atom. The van der Waals surface area contributed by atoms with Gasteiger partial charge in [0, 0.05) is 39.3 Å². The minimum atomic E-state index is 0. The molecule has 1 aliphatic rings. The molecule has 4 nitrogen and oxygen atoms in total.